The van der Waals surface area contributed by atoms with E-state index in [1.807, 2.05) is 50.2 Å². The van der Waals surface area contributed by atoms with E-state index in [-0.39, 0.29) is 11.6 Å². The first-order valence-electron chi connectivity index (χ1n) is 12.9. The summed E-state index contributed by atoms with van der Waals surface area (Å²) in [6, 6.07) is 29.9. The third-order valence-corrected chi connectivity index (χ3v) is 6.55. The van der Waals surface area contributed by atoms with E-state index in [4.69, 9.17) is 24.7 Å². The van der Waals surface area contributed by atoms with Crippen LogP contribution in [-0.2, 0) is 6.61 Å². The van der Waals surface area contributed by atoms with Gasteiger partial charge in [-0.05, 0) is 55.3 Å². The van der Waals surface area contributed by atoms with Crippen LogP contribution in [0.3, 0.4) is 0 Å². The molecule has 40 heavy (non-hydrogen) atoms. The maximum atomic E-state index is 12.9. The number of hydrogen-bond donors (Lipinski definition) is 1. The fourth-order valence-electron chi connectivity index (χ4n) is 4.53. The highest BCUT2D eigenvalue weighted by molar-refractivity contribution is 5.94. The second-order valence-electron chi connectivity index (χ2n) is 9.29. The number of carbonyl (C=O) groups is 1. The van der Waals surface area contributed by atoms with Gasteiger partial charge in [-0.25, -0.2) is 4.79 Å². The van der Waals surface area contributed by atoms with Crippen molar-refractivity contribution in [3.05, 3.63) is 130 Å². The van der Waals surface area contributed by atoms with Gasteiger partial charge in [0.2, 0.25) is 5.88 Å². The van der Waals surface area contributed by atoms with Crippen LogP contribution in [0.4, 0.5) is 0 Å². The Bertz CT molecular complexity index is 1600. The van der Waals surface area contributed by atoms with E-state index in [9.17, 15) is 10.1 Å². The molecule has 1 heterocycles. The first kappa shape index (κ1) is 26.4. The number of nitriles is 1. The van der Waals surface area contributed by atoms with Crippen molar-refractivity contribution in [2.24, 2.45) is 5.73 Å². The molecule has 4 aromatic carbocycles. The number of aryl methyl sites for hydroxylation is 1. The normalized spacial score (nSPS) is 14.0. The Morgan fingerprint density at radius 3 is 2.40 bits per heavy atom. The number of fused-ring (bicyclic) bond motifs is 1. The van der Waals surface area contributed by atoms with Crippen LogP contribution in [0.5, 0.6) is 23.0 Å². The third kappa shape index (κ3) is 5.62. The summed E-state index contributed by atoms with van der Waals surface area (Å²) in [5, 5.41) is 9.90. The van der Waals surface area contributed by atoms with Crippen molar-refractivity contribution < 1.29 is 23.7 Å². The zero-order valence-corrected chi connectivity index (χ0v) is 22.2. The fraction of sp³-hybridized carbons (Fsp3) is 0.152. The lowest BCUT2D eigenvalue weighted by Crippen LogP contribution is -2.21. The highest BCUT2D eigenvalue weighted by atomic mass is 16.5. The van der Waals surface area contributed by atoms with Crippen molar-refractivity contribution in [2.45, 2.75) is 26.4 Å². The van der Waals surface area contributed by atoms with E-state index >= 15 is 0 Å². The molecule has 0 amide bonds. The van der Waals surface area contributed by atoms with Crippen molar-refractivity contribution in [2.75, 3.05) is 6.61 Å². The van der Waals surface area contributed by atoms with Crippen LogP contribution in [0.15, 0.2) is 102 Å². The lowest BCUT2D eigenvalue weighted by molar-refractivity contribution is 0.0730. The van der Waals surface area contributed by atoms with Gasteiger partial charge in [0, 0.05) is 11.6 Å². The van der Waals surface area contributed by atoms with Crippen LogP contribution >= 0.6 is 0 Å². The number of benzene rings is 4. The molecule has 5 rings (SSSR count). The summed E-state index contributed by atoms with van der Waals surface area (Å²) in [6.45, 7) is 4.77. The molecule has 1 aliphatic heterocycles. The minimum atomic E-state index is -0.557. The standard InChI is InChI=1S/C33H28N2O5/c1-3-37-29-7-5-4-6-27(29)33(36)39-25-16-17-26-30(18-25)40-32(35)28(19-34)31(26)23-12-14-24(15-13-23)38-20-22-10-8-21(2)9-11-22/h4-18,31H,3,20,35H2,1-2H3. The molecular formula is C33H28N2O5. The number of para-hydroxylation sites is 1. The van der Waals surface area contributed by atoms with Gasteiger partial charge in [-0.2, -0.15) is 5.26 Å². The van der Waals surface area contributed by atoms with Crippen LogP contribution < -0.4 is 24.7 Å². The second-order valence-corrected chi connectivity index (χ2v) is 9.29. The average Bonchev–Trinajstić information content (AvgIpc) is 2.97. The molecule has 2 N–H and O–H groups in total. The van der Waals surface area contributed by atoms with Crippen molar-refractivity contribution in [1.29, 1.82) is 5.26 Å². The summed E-state index contributed by atoms with van der Waals surface area (Å²) in [4.78, 5) is 12.9. The van der Waals surface area contributed by atoms with Crippen LogP contribution in [0.1, 0.15) is 45.5 Å². The molecule has 0 aliphatic carbocycles. The molecule has 0 aromatic heterocycles. The van der Waals surface area contributed by atoms with Crippen molar-refractivity contribution in [1.82, 2.24) is 0 Å². The van der Waals surface area contributed by atoms with Gasteiger partial charge in [0.15, 0.2) is 0 Å². The van der Waals surface area contributed by atoms with Crippen LogP contribution in [0.25, 0.3) is 0 Å². The van der Waals surface area contributed by atoms with Gasteiger partial charge in [0.1, 0.15) is 46.8 Å². The molecule has 1 aliphatic rings. The first-order valence-corrected chi connectivity index (χ1v) is 12.9. The van der Waals surface area contributed by atoms with Crippen molar-refractivity contribution >= 4 is 5.97 Å². The maximum absolute atomic E-state index is 12.9. The van der Waals surface area contributed by atoms with Crippen molar-refractivity contribution in [3.8, 4) is 29.1 Å². The Hall–Kier alpha value is -5.22. The number of rotatable bonds is 8. The van der Waals surface area contributed by atoms with Gasteiger partial charge in [0.05, 0.1) is 12.5 Å². The van der Waals surface area contributed by atoms with Crippen LogP contribution in [-0.4, -0.2) is 12.6 Å². The Labute approximate surface area is 233 Å². The number of allylic oxidation sites excluding steroid dienone is 1. The molecule has 7 nitrogen and oxygen atoms in total. The average molecular weight is 533 g/mol. The van der Waals surface area contributed by atoms with E-state index in [2.05, 4.69) is 18.2 Å². The van der Waals surface area contributed by atoms with Gasteiger partial charge < -0.3 is 24.7 Å². The molecule has 200 valence electrons. The smallest absolute Gasteiger partial charge is 0.347 e. The predicted octanol–water partition coefficient (Wildman–Crippen LogP) is 6.41. The summed E-state index contributed by atoms with van der Waals surface area (Å²) < 4.78 is 22.9. The third-order valence-electron chi connectivity index (χ3n) is 6.55. The summed E-state index contributed by atoms with van der Waals surface area (Å²) in [5.74, 6) is 0.835. The van der Waals surface area contributed by atoms with Crippen molar-refractivity contribution in [3.63, 3.8) is 0 Å². The van der Waals surface area contributed by atoms with E-state index in [1.54, 1.807) is 42.5 Å². The zero-order chi connectivity index (χ0) is 28.1. The zero-order valence-electron chi connectivity index (χ0n) is 22.2. The summed E-state index contributed by atoms with van der Waals surface area (Å²) in [5.41, 5.74) is 10.6. The Morgan fingerprint density at radius 2 is 1.68 bits per heavy atom. The number of carbonyl (C=O) groups excluding carboxylic acids is 1. The minimum absolute atomic E-state index is 0.00451. The summed E-state index contributed by atoms with van der Waals surface area (Å²) >= 11 is 0. The summed E-state index contributed by atoms with van der Waals surface area (Å²) in [6.07, 6.45) is 0. The molecule has 1 unspecified atom stereocenters. The van der Waals surface area contributed by atoms with E-state index in [0.717, 1.165) is 16.7 Å². The molecular weight excluding hydrogens is 504 g/mol. The number of esters is 1. The van der Waals surface area contributed by atoms with E-state index in [1.165, 1.54) is 5.56 Å². The number of ether oxygens (including phenoxy) is 4. The molecule has 0 bridgehead atoms. The number of nitrogens with two attached hydrogens (primary N) is 1. The van der Waals surface area contributed by atoms with Gasteiger partial charge >= 0.3 is 5.97 Å². The topological polar surface area (TPSA) is 104 Å². The monoisotopic (exact) mass is 532 g/mol. The SMILES string of the molecule is CCOc1ccccc1C(=O)Oc1ccc2c(c1)OC(N)=C(C#N)C2c1ccc(OCc2ccc(C)cc2)cc1. The highest BCUT2D eigenvalue weighted by Gasteiger charge is 2.31. The first-order chi connectivity index (χ1) is 19.5. The molecule has 4 aromatic rings. The highest BCUT2D eigenvalue weighted by Crippen LogP contribution is 2.43. The lowest BCUT2D eigenvalue weighted by Gasteiger charge is -2.27. The van der Waals surface area contributed by atoms with Gasteiger partial charge in [0.25, 0.3) is 0 Å². The Balaban J connectivity index is 1.37. The van der Waals surface area contributed by atoms with Gasteiger partial charge in [-0.1, -0.05) is 60.2 Å². The molecule has 0 radical (unpaired) electrons. The van der Waals surface area contributed by atoms with Crippen LogP contribution in [0.2, 0.25) is 0 Å². The molecule has 0 fully saturated rings. The van der Waals surface area contributed by atoms with E-state index in [0.29, 0.717) is 41.6 Å². The fourth-order valence-corrected chi connectivity index (χ4v) is 4.53. The molecule has 7 heteroatoms. The van der Waals surface area contributed by atoms with E-state index < -0.39 is 11.9 Å². The number of nitrogens with zero attached hydrogens (tertiary/aromatic N) is 1. The van der Waals surface area contributed by atoms with Crippen LogP contribution in [0, 0.1) is 18.3 Å². The van der Waals surface area contributed by atoms with Gasteiger partial charge in [-0.15, -0.1) is 0 Å². The largest absolute Gasteiger partial charge is 0.493 e. The second kappa shape index (κ2) is 11.7. The maximum Gasteiger partial charge on any atom is 0.347 e. The quantitative estimate of drug-likeness (QED) is 0.207. The van der Waals surface area contributed by atoms with Gasteiger partial charge in [-0.3, -0.25) is 0 Å². The predicted molar refractivity (Wildman–Crippen MR) is 150 cm³/mol. The molecule has 1 atom stereocenters. The summed E-state index contributed by atoms with van der Waals surface area (Å²) in [7, 11) is 0. The molecule has 0 spiro atoms. The Morgan fingerprint density at radius 1 is 0.950 bits per heavy atom. The molecule has 0 saturated carbocycles. The Kier molecular flexibility index (Phi) is 7.70. The molecule has 0 saturated heterocycles. The minimum Gasteiger partial charge on any atom is -0.493 e. The number of hydrogen-bond acceptors (Lipinski definition) is 7. The lowest BCUT2D eigenvalue weighted by atomic mass is 9.83.